The summed E-state index contributed by atoms with van der Waals surface area (Å²) in [6, 6.07) is 6.23. The van der Waals surface area contributed by atoms with Crippen LogP contribution in [0.25, 0.3) is 0 Å². The monoisotopic (exact) mass is 353 g/mol. The molecule has 0 fully saturated rings. The van der Waals surface area contributed by atoms with Crippen LogP contribution in [0.5, 0.6) is 0 Å². The zero-order chi connectivity index (χ0) is 16.3. The maximum Gasteiger partial charge on any atom is 0.275 e. The van der Waals surface area contributed by atoms with Gasteiger partial charge < -0.3 is 11.1 Å². The van der Waals surface area contributed by atoms with E-state index in [1.165, 1.54) is 16.9 Å². The molecule has 0 spiro atoms. The minimum absolute atomic E-state index is 0. The van der Waals surface area contributed by atoms with Crippen LogP contribution >= 0.6 is 23.7 Å². The minimum atomic E-state index is -0.185. The van der Waals surface area contributed by atoms with Crippen molar-refractivity contribution in [2.45, 2.75) is 46.1 Å². The molecule has 0 aliphatic heterocycles. The van der Waals surface area contributed by atoms with Crippen LogP contribution in [0.4, 0.5) is 5.69 Å². The van der Waals surface area contributed by atoms with E-state index in [1.807, 2.05) is 6.07 Å². The first-order valence-corrected chi connectivity index (χ1v) is 8.40. The lowest BCUT2D eigenvalue weighted by atomic mass is 9.94. The fraction of sp³-hybridized carbons (Fsp3) is 0.412. The third-order valence-electron chi connectivity index (χ3n) is 3.57. The fourth-order valence-corrected chi connectivity index (χ4v) is 2.88. The van der Waals surface area contributed by atoms with Crippen LogP contribution in [0.15, 0.2) is 23.6 Å². The Morgan fingerprint density at radius 1 is 1.26 bits per heavy atom. The summed E-state index contributed by atoms with van der Waals surface area (Å²) in [7, 11) is 0. The highest BCUT2D eigenvalue weighted by atomic mass is 35.5. The summed E-state index contributed by atoms with van der Waals surface area (Å²) in [5.41, 5.74) is 9.24. The molecule has 0 unspecified atom stereocenters. The molecule has 0 bridgehead atoms. The lowest BCUT2D eigenvalue weighted by Gasteiger charge is -2.16. The molecule has 2 rings (SSSR count). The van der Waals surface area contributed by atoms with Gasteiger partial charge in [-0.05, 0) is 29.0 Å². The number of carbonyl (C=O) groups is 1. The van der Waals surface area contributed by atoms with E-state index >= 15 is 0 Å². The minimum Gasteiger partial charge on any atom is -0.325 e. The molecule has 1 amide bonds. The summed E-state index contributed by atoms with van der Waals surface area (Å²) in [6.45, 7) is 8.95. The average Bonchev–Trinajstić information content (AvgIpc) is 2.96. The normalized spacial score (nSPS) is 10.7. The second kappa shape index (κ2) is 8.43. The number of carbonyl (C=O) groups excluding carboxylic acids is 1. The van der Waals surface area contributed by atoms with E-state index in [0.29, 0.717) is 24.1 Å². The number of nitrogens with two attached hydrogens (primary N) is 1. The Labute approximate surface area is 147 Å². The Bertz CT molecular complexity index is 668. The largest absolute Gasteiger partial charge is 0.325 e. The van der Waals surface area contributed by atoms with Crippen molar-refractivity contribution in [3.8, 4) is 0 Å². The van der Waals surface area contributed by atoms with E-state index in [0.717, 1.165) is 16.3 Å². The quantitative estimate of drug-likeness (QED) is 0.830. The molecule has 1 aromatic heterocycles. The molecule has 1 aromatic carbocycles. The predicted octanol–water partition coefficient (Wildman–Crippen LogP) is 4.52. The lowest BCUT2D eigenvalue weighted by Crippen LogP contribution is -2.14. The van der Waals surface area contributed by atoms with Gasteiger partial charge in [-0.2, -0.15) is 0 Å². The Hall–Kier alpha value is -1.43. The van der Waals surface area contributed by atoms with Gasteiger partial charge in [0.05, 0.1) is 0 Å². The van der Waals surface area contributed by atoms with Crippen molar-refractivity contribution in [1.29, 1.82) is 0 Å². The van der Waals surface area contributed by atoms with E-state index in [-0.39, 0.29) is 18.3 Å². The topological polar surface area (TPSA) is 68.0 Å². The second-order valence-electron chi connectivity index (χ2n) is 5.94. The number of hydrogen-bond donors (Lipinski definition) is 2. The molecule has 0 saturated heterocycles. The summed E-state index contributed by atoms with van der Waals surface area (Å²) in [5, 5.41) is 5.49. The van der Waals surface area contributed by atoms with Crippen molar-refractivity contribution in [2.75, 3.05) is 5.32 Å². The van der Waals surface area contributed by atoms with Crippen LogP contribution in [0, 0.1) is 0 Å². The Kier molecular flexibility index (Phi) is 7.19. The number of anilines is 1. The molecule has 0 aliphatic rings. The summed E-state index contributed by atoms with van der Waals surface area (Å²) in [4.78, 5) is 16.6. The van der Waals surface area contributed by atoms with Crippen LogP contribution < -0.4 is 11.1 Å². The molecular weight excluding hydrogens is 330 g/mol. The molecular formula is C17H24ClN3OS. The third kappa shape index (κ3) is 4.77. The molecule has 2 aromatic rings. The Morgan fingerprint density at radius 3 is 2.48 bits per heavy atom. The van der Waals surface area contributed by atoms with E-state index in [4.69, 9.17) is 5.73 Å². The molecule has 3 N–H and O–H groups in total. The number of benzene rings is 1. The molecule has 6 heteroatoms. The number of nitrogens with zero attached hydrogens (tertiary/aromatic N) is 1. The van der Waals surface area contributed by atoms with Gasteiger partial charge in [0.15, 0.2) is 0 Å². The van der Waals surface area contributed by atoms with Crippen molar-refractivity contribution >= 4 is 35.3 Å². The molecule has 23 heavy (non-hydrogen) atoms. The number of thiazole rings is 1. The van der Waals surface area contributed by atoms with Gasteiger partial charge in [0.25, 0.3) is 5.91 Å². The van der Waals surface area contributed by atoms with Crippen LogP contribution in [-0.4, -0.2) is 10.9 Å². The highest BCUT2D eigenvalue weighted by molar-refractivity contribution is 7.09. The highest BCUT2D eigenvalue weighted by Gasteiger charge is 2.15. The molecule has 0 radical (unpaired) electrons. The van der Waals surface area contributed by atoms with E-state index in [9.17, 15) is 4.79 Å². The van der Waals surface area contributed by atoms with Crippen LogP contribution in [0.2, 0.25) is 0 Å². The summed E-state index contributed by atoms with van der Waals surface area (Å²) >= 11 is 1.41. The van der Waals surface area contributed by atoms with Crippen molar-refractivity contribution in [2.24, 2.45) is 5.73 Å². The van der Waals surface area contributed by atoms with E-state index < -0.39 is 0 Å². The second-order valence-corrected chi connectivity index (χ2v) is 6.88. The number of nitrogens with one attached hydrogen (secondary N) is 1. The third-order valence-corrected chi connectivity index (χ3v) is 4.44. The summed E-state index contributed by atoms with van der Waals surface area (Å²) < 4.78 is 0. The van der Waals surface area contributed by atoms with Gasteiger partial charge in [-0.15, -0.1) is 23.7 Å². The number of rotatable bonds is 5. The summed E-state index contributed by atoms with van der Waals surface area (Å²) in [6.07, 6.45) is 0. The van der Waals surface area contributed by atoms with Crippen molar-refractivity contribution in [3.63, 3.8) is 0 Å². The number of amides is 1. The molecule has 1 heterocycles. The van der Waals surface area contributed by atoms with E-state index in [1.54, 1.807) is 5.38 Å². The van der Waals surface area contributed by atoms with Gasteiger partial charge in [-0.25, -0.2) is 4.98 Å². The summed E-state index contributed by atoms with van der Waals surface area (Å²) in [5.74, 6) is 0.618. The fourth-order valence-electron chi connectivity index (χ4n) is 2.23. The highest BCUT2D eigenvalue weighted by Crippen LogP contribution is 2.28. The first-order chi connectivity index (χ1) is 10.4. The zero-order valence-corrected chi connectivity index (χ0v) is 15.6. The molecule has 126 valence electrons. The van der Waals surface area contributed by atoms with Gasteiger partial charge in [0, 0.05) is 17.6 Å². The smallest absolute Gasteiger partial charge is 0.275 e. The number of hydrogen-bond acceptors (Lipinski definition) is 4. The van der Waals surface area contributed by atoms with Crippen LogP contribution in [0.3, 0.4) is 0 Å². The SMILES string of the molecule is CC(C)c1ccc(NC(=O)c2csc(CN)n2)c(C(C)C)c1.Cl. The van der Waals surface area contributed by atoms with Gasteiger partial charge in [-0.3, -0.25) is 4.79 Å². The average molecular weight is 354 g/mol. The van der Waals surface area contributed by atoms with Gasteiger partial charge >= 0.3 is 0 Å². The molecule has 0 saturated carbocycles. The number of halogens is 1. The standard InChI is InChI=1S/C17H23N3OS.ClH/c1-10(2)12-5-6-14(13(7-12)11(3)4)20-17(21)15-9-22-16(8-18)19-15;/h5-7,9-11H,8,18H2,1-4H3,(H,20,21);1H. The Balaban J connectivity index is 0.00000264. The Morgan fingerprint density at radius 2 is 1.96 bits per heavy atom. The van der Waals surface area contributed by atoms with Gasteiger partial charge in [0.1, 0.15) is 10.7 Å². The van der Waals surface area contributed by atoms with Crippen LogP contribution in [-0.2, 0) is 6.54 Å². The molecule has 0 aliphatic carbocycles. The predicted molar refractivity (Wildman–Crippen MR) is 99.8 cm³/mol. The van der Waals surface area contributed by atoms with E-state index in [2.05, 4.69) is 50.1 Å². The zero-order valence-electron chi connectivity index (χ0n) is 13.9. The molecule has 0 atom stereocenters. The first kappa shape index (κ1) is 19.6. The van der Waals surface area contributed by atoms with Crippen molar-refractivity contribution < 1.29 is 4.79 Å². The lowest BCUT2D eigenvalue weighted by molar-refractivity contribution is 0.102. The van der Waals surface area contributed by atoms with Gasteiger partial charge in [-0.1, -0.05) is 39.8 Å². The van der Waals surface area contributed by atoms with Gasteiger partial charge in [0.2, 0.25) is 0 Å². The van der Waals surface area contributed by atoms with Crippen molar-refractivity contribution in [3.05, 3.63) is 45.4 Å². The maximum atomic E-state index is 12.3. The first-order valence-electron chi connectivity index (χ1n) is 7.52. The maximum absolute atomic E-state index is 12.3. The van der Waals surface area contributed by atoms with Crippen LogP contribution in [0.1, 0.15) is 66.2 Å². The van der Waals surface area contributed by atoms with Crippen molar-refractivity contribution in [1.82, 2.24) is 4.98 Å². The number of aromatic nitrogens is 1. The molecule has 4 nitrogen and oxygen atoms in total.